The first-order valence-electron chi connectivity index (χ1n) is 13.8. The Kier molecular flexibility index (Phi) is 5.02. The van der Waals surface area contributed by atoms with Crippen molar-refractivity contribution in [2.24, 2.45) is 50.2 Å². The number of aliphatic hydroxyl groups is 2. The van der Waals surface area contributed by atoms with Crippen molar-refractivity contribution in [2.75, 3.05) is 6.61 Å². The Balaban J connectivity index is 1.61. The summed E-state index contributed by atoms with van der Waals surface area (Å²) in [6, 6.07) is 0. The molecule has 5 aliphatic carbocycles. The fraction of sp³-hybridized carbons (Fsp3) is 0.933. The highest BCUT2D eigenvalue weighted by molar-refractivity contribution is 5.35. The normalized spacial score (nSPS) is 53.8. The molecule has 0 bridgehead atoms. The number of hydrogen-bond donors (Lipinski definition) is 2. The molecule has 5 aliphatic rings. The van der Waals surface area contributed by atoms with Gasteiger partial charge < -0.3 is 10.2 Å². The first-order chi connectivity index (χ1) is 14.8. The van der Waals surface area contributed by atoms with Gasteiger partial charge in [0.25, 0.3) is 0 Å². The van der Waals surface area contributed by atoms with E-state index in [1.165, 1.54) is 38.5 Å². The molecule has 2 heteroatoms. The molecule has 2 N–H and O–H groups in total. The minimum Gasteiger partial charge on any atom is -0.396 e. The molecule has 0 aromatic heterocycles. The van der Waals surface area contributed by atoms with Gasteiger partial charge >= 0.3 is 0 Å². The average molecular weight is 443 g/mol. The maximum atomic E-state index is 11.7. The highest BCUT2D eigenvalue weighted by atomic mass is 16.3. The van der Waals surface area contributed by atoms with Crippen LogP contribution in [0.1, 0.15) is 113 Å². The maximum absolute atomic E-state index is 11.7. The van der Waals surface area contributed by atoms with E-state index in [4.69, 9.17) is 0 Å². The zero-order valence-electron chi connectivity index (χ0n) is 22.1. The lowest BCUT2D eigenvalue weighted by atomic mass is 9.33. The van der Waals surface area contributed by atoms with Crippen molar-refractivity contribution in [1.29, 1.82) is 0 Å². The summed E-state index contributed by atoms with van der Waals surface area (Å²) < 4.78 is 0. The summed E-state index contributed by atoms with van der Waals surface area (Å²) in [6.45, 7) is 17.8. The number of fused-ring (bicyclic) bond motifs is 7. The van der Waals surface area contributed by atoms with Crippen LogP contribution in [-0.2, 0) is 0 Å². The molecule has 0 aliphatic heterocycles. The minimum absolute atomic E-state index is 0.0433. The van der Waals surface area contributed by atoms with Gasteiger partial charge in [0.15, 0.2) is 0 Å². The van der Waals surface area contributed by atoms with Crippen molar-refractivity contribution < 1.29 is 10.2 Å². The third-order valence-corrected chi connectivity index (χ3v) is 12.9. The van der Waals surface area contributed by atoms with Crippen LogP contribution in [0.2, 0.25) is 0 Å². The first-order valence-corrected chi connectivity index (χ1v) is 13.8. The summed E-state index contributed by atoms with van der Waals surface area (Å²) in [6.07, 6.45) is 14.3. The molecule has 0 spiro atoms. The third-order valence-electron chi connectivity index (χ3n) is 12.9. The van der Waals surface area contributed by atoms with E-state index in [9.17, 15) is 10.2 Å². The van der Waals surface area contributed by atoms with E-state index < -0.39 is 0 Å². The molecule has 182 valence electrons. The predicted octanol–water partition coefficient (Wildman–Crippen LogP) is 7.14. The summed E-state index contributed by atoms with van der Waals surface area (Å²) in [5.74, 6) is 1.85. The van der Waals surface area contributed by atoms with Gasteiger partial charge in [-0.25, -0.2) is 0 Å². The molecule has 8 atom stereocenters. The SMILES string of the molecule is CC1(C)CC[C@]2(CO)C(O)C[C@]3(C)C(=CC[C@@H]4[C@@]5(C)CCCC(C)(C)C5CC[C@]43C)[C@H]2C1. The maximum Gasteiger partial charge on any atom is 0.0632 e. The monoisotopic (exact) mass is 442 g/mol. The lowest BCUT2D eigenvalue weighted by Gasteiger charge is -2.71. The Hall–Kier alpha value is -0.340. The number of hydrogen-bond acceptors (Lipinski definition) is 2. The van der Waals surface area contributed by atoms with Gasteiger partial charge in [0.1, 0.15) is 0 Å². The average Bonchev–Trinajstić information content (AvgIpc) is 2.67. The smallest absolute Gasteiger partial charge is 0.0632 e. The van der Waals surface area contributed by atoms with Crippen LogP contribution < -0.4 is 0 Å². The zero-order valence-corrected chi connectivity index (χ0v) is 22.1. The number of allylic oxidation sites excluding steroid dienone is 2. The second-order valence-corrected chi connectivity index (χ2v) is 15.2. The summed E-state index contributed by atoms with van der Waals surface area (Å²) in [4.78, 5) is 0. The number of rotatable bonds is 1. The molecule has 0 amide bonds. The highest BCUT2D eigenvalue weighted by Gasteiger charge is 2.69. The van der Waals surface area contributed by atoms with Crippen LogP contribution >= 0.6 is 0 Å². The molecular weight excluding hydrogens is 392 g/mol. The van der Waals surface area contributed by atoms with E-state index in [0.29, 0.717) is 22.7 Å². The summed E-state index contributed by atoms with van der Waals surface area (Å²) >= 11 is 0. The van der Waals surface area contributed by atoms with E-state index in [0.717, 1.165) is 31.6 Å². The zero-order chi connectivity index (χ0) is 23.4. The van der Waals surface area contributed by atoms with Crippen LogP contribution in [0.15, 0.2) is 11.6 Å². The van der Waals surface area contributed by atoms with Crippen molar-refractivity contribution in [3.8, 4) is 0 Å². The van der Waals surface area contributed by atoms with Crippen LogP contribution in [0.4, 0.5) is 0 Å². The lowest BCUT2D eigenvalue weighted by Crippen LogP contribution is -2.66. The van der Waals surface area contributed by atoms with Gasteiger partial charge in [0, 0.05) is 5.41 Å². The van der Waals surface area contributed by atoms with Crippen molar-refractivity contribution in [1.82, 2.24) is 0 Å². The molecule has 0 saturated heterocycles. The Morgan fingerprint density at radius 3 is 2.28 bits per heavy atom. The van der Waals surface area contributed by atoms with E-state index >= 15 is 0 Å². The van der Waals surface area contributed by atoms with Gasteiger partial charge in [0.05, 0.1) is 12.7 Å². The molecule has 0 aromatic carbocycles. The molecule has 2 nitrogen and oxygen atoms in total. The topological polar surface area (TPSA) is 40.5 Å². The van der Waals surface area contributed by atoms with Crippen molar-refractivity contribution >= 4 is 0 Å². The molecule has 0 radical (unpaired) electrons. The van der Waals surface area contributed by atoms with E-state index in [2.05, 4.69) is 54.5 Å². The van der Waals surface area contributed by atoms with Crippen LogP contribution in [-0.4, -0.2) is 22.9 Å². The molecular formula is C30H50O2. The molecule has 0 heterocycles. The van der Waals surface area contributed by atoms with Crippen LogP contribution in [0.5, 0.6) is 0 Å². The fourth-order valence-corrected chi connectivity index (χ4v) is 10.8. The Morgan fingerprint density at radius 1 is 0.875 bits per heavy atom. The molecule has 0 aromatic rings. The van der Waals surface area contributed by atoms with Gasteiger partial charge in [-0.1, -0.05) is 66.5 Å². The number of aliphatic hydroxyl groups excluding tert-OH is 2. The Labute approximate surface area is 197 Å². The van der Waals surface area contributed by atoms with Gasteiger partial charge in [0.2, 0.25) is 0 Å². The lowest BCUT2D eigenvalue weighted by molar-refractivity contribution is -0.204. The second kappa shape index (κ2) is 6.87. The van der Waals surface area contributed by atoms with Gasteiger partial charge in [-0.05, 0) is 103 Å². The highest BCUT2D eigenvalue weighted by Crippen LogP contribution is 2.75. The van der Waals surface area contributed by atoms with Gasteiger partial charge in [-0.15, -0.1) is 0 Å². The van der Waals surface area contributed by atoms with Crippen LogP contribution in [0.25, 0.3) is 0 Å². The quantitative estimate of drug-likeness (QED) is 0.424. The van der Waals surface area contributed by atoms with Crippen LogP contribution in [0.3, 0.4) is 0 Å². The summed E-state index contributed by atoms with van der Waals surface area (Å²) in [5, 5.41) is 22.4. The van der Waals surface area contributed by atoms with E-state index in [-0.39, 0.29) is 34.4 Å². The standard InChI is InChI=1S/C30H50O2/c1-25(2)15-16-30(19-31)21(17-25)20-9-10-23-27(5)13-8-12-26(3,4)22(27)11-14-28(23,6)29(20,7)18-24(30)32/h9,21-24,31-32H,8,10-19H2,1-7H3/t21-,22?,23-,24?,27+,28-,29-,30-/m1/s1. The Morgan fingerprint density at radius 2 is 1.59 bits per heavy atom. The first kappa shape index (κ1) is 23.4. The molecule has 4 fully saturated rings. The molecule has 5 rings (SSSR count). The van der Waals surface area contributed by atoms with Crippen LogP contribution in [0, 0.1) is 50.2 Å². The minimum atomic E-state index is -0.389. The molecule has 4 saturated carbocycles. The van der Waals surface area contributed by atoms with E-state index in [1.807, 2.05) is 0 Å². The third kappa shape index (κ3) is 2.78. The van der Waals surface area contributed by atoms with Gasteiger partial charge in [-0.3, -0.25) is 0 Å². The largest absolute Gasteiger partial charge is 0.396 e. The van der Waals surface area contributed by atoms with E-state index in [1.54, 1.807) is 5.57 Å². The summed E-state index contributed by atoms with van der Waals surface area (Å²) in [5.41, 5.74) is 2.73. The molecule has 2 unspecified atom stereocenters. The molecule has 32 heavy (non-hydrogen) atoms. The fourth-order valence-electron chi connectivity index (χ4n) is 10.8. The second-order valence-electron chi connectivity index (χ2n) is 15.2. The predicted molar refractivity (Wildman–Crippen MR) is 132 cm³/mol. The van der Waals surface area contributed by atoms with Crippen molar-refractivity contribution in [2.45, 2.75) is 119 Å². The van der Waals surface area contributed by atoms with Gasteiger partial charge in [-0.2, -0.15) is 0 Å². The summed E-state index contributed by atoms with van der Waals surface area (Å²) in [7, 11) is 0. The van der Waals surface area contributed by atoms with Crippen molar-refractivity contribution in [3.63, 3.8) is 0 Å². The Bertz CT molecular complexity index is 810. The van der Waals surface area contributed by atoms with Crippen molar-refractivity contribution in [3.05, 3.63) is 11.6 Å².